The molecule has 0 aliphatic heterocycles. The van der Waals surface area contributed by atoms with Crippen LogP contribution in [0.3, 0.4) is 0 Å². The zero-order valence-corrected chi connectivity index (χ0v) is 13.0. The highest BCUT2D eigenvalue weighted by Gasteiger charge is 2.12. The summed E-state index contributed by atoms with van der Waals surface area (Å²) in [5, 5.41) is 3.56. The van der Waals surface area contributed by atoms with Gasteiger partial charge in [0.2, 0.25) is 0 Å². The summed E-state index contributed by atoms with van der Waals surface area (Å²) in [6.45, 7) is 3.44. The van der Waals surface area contributed by atoms with Crippen LogP contribution in [0.4, 0.5) is 0 Å². The first-order valence-corrected chi connectivity index (χ1v) is 7.29. The van der Waals surface area contributed by atoms with E-state index >= 15 is 0 Å². The summed E-state index contributed by atoms with van der Waals surface area (Å²) in [5.74, 6) is 1.78. The molecule has 21 heavy (non-hydrogen) atoms. The number of benzene rings is 1. The first kappa shape index (κ1) is 15.6. The fourth-order valence-corrected chi connectivity index (χ4v) is 2.31. The highest BCUT2D eigenvalue weighted by molar-refractivity contribution is 6.31. The van der Waals surface area contributed by atoms with Gasteiger partial charge in [0, 0.05) is 11.6 Å². The number of hydrogen-bond donors (Lipinski definition) is 2. The number of hydrogen-bond acceptors (Lipinski definition) is 2. The van der Waals surface area contributed by atoms with Crippen molar-refractivity contribution in [1.82, 2.24) is 5.32 Å². The van der Waals surface area contributed by atoms with Gasteiger partial charge in [0.1, 0.15) is 12.3 Å². The molecule has 4 nitrogen and oxygen atoms in total. The van der Waals surface area contributed by atoms with Gasteiger partial charge in [-0.1, -0.05) is 29.8 Å². The van der Waals surface area contributed by atoms with Crippen molar-refractivity contribution >= 4 is 17.5 Å². The van der Waals surface area contributed by atoms with Crippen molar-refractivity contribution in [2.24, 2.45) is 0 Å². The molecule has 1 aromatic heterocycles. The molecule has 1 atom stereocenters. The lowest BCUT2D eigenvalue weighted by Crippen LogP contribution is -3.08. The Balaban J connectivity index is 1.77. The number of carbonyl (C=O) groups excluding carboxylic acids is 1. The smallest absolute Gasteiger partial charge is 0.275 e. The molecule has 0 saturated heterocycles. The van der Waals surface area contributed by atoms with Crippen molar-refractivity contribution in [2.45, 2.75) is 20.0 Å². The second-order valence-corrected chi connectivity index (χ2v) is 5.60. The van der Waals surface area contributed by atoms with Crippen LogP contribution in [0.25, 0.3) is 0 Å². The second kappa shape index (κ2) is 7.29. The summed E-state index contributed by atoms with van der Waals surface area (Å²) < 4.78 is 5.51. The Morgan fingerprint density at radius 1 is 1.29 bits per heavy atom. The molecular weight excluding hydrogens is 288 g/mol. The third kappa shape index (κ3) is 4.92. The van der Waals surface area contributed by atoms with Crippen molar-refractivity contribution in [1.29, 1.82) is 0 Å². The van der Waals surface area contributed by atoms with Crippen LogP contribution < -0.4 is 10.2 Å². The minimum atomic E-state index is -0.00398. The van der Waals surface area contributed by atoms with Gasteiger partial charge in [0.15, 0.2) is 12.3 Å². The maximum absolute atomic E-state index is 11.9. The molecule has 0 radical (unpaired) electrons. The van der Waals surface area contributed by atoms with Crippen LogP contribution in [0.15, 0.2) is 40.8 Å². The first-order valence-electron chi connectivity index (χ1n) is 6.91. The van der Waals surface area contributed by atoms with Crippen molar-refractivity contribution < 1.29 is 14.1 Å². The Morgan fingerprint density at radius 3 is 2.71 bits per heavy atom. The van der Waals surface area contributed by atoms with Crippen LogP contribution in [0.5, 0.6) is 0 Å². The van der Waals surface area contributed by atoms with E-state index in [4.69, 9.17) is 16.0 Å². The predicted molar refractivity (Wildman–Crippen MR) is 82.2 cm³/mol. The van der Waals surface area contributed by atoms with Crippen LogP contribution in [0.1, 0.15) is 17.1 Å². The van der Waals surface area contributed by atoms with Crippen LogP contribution in [0.2, 0.25) is 5.02 Å². The number of likely N-dealkylation sites (N-methyl/N-ethyl adjacent to an activating group) is 1. The number of amides is 1. The molecule has 1 heterocycles. The second-order valence-electron chi connectivity index (χ2n) is 5.19. The molecule has 2 rings (SSSR count). The van der Waals surface area contributed by atoms with Gasteiger partial charge in [0.05, 0.1) is 7.05 Å². The van der Waals surface area contributed by atoms with E-state index in [2.05, 4.69) is 5.32 Å². The van der Waals surface area contributed by atoms with E-state index in [0.717, 1.165) is 22.0 Å². The molecule has 1 unspecified atom stereocenters. The number of quaternary nitrogens is 1. The van der Waals surface area contributed by atoms with Gasteiger partial charge in [0.25, 0.3) is 5.91 Å². The Kier molecular flexibility index (Phi) is 5.42. The SMILES string of the molecule is Cc1ccc(C[NH+](C)CC(=O)NCc2ccccc2Cl)o1. The Hall–Kier alpha value is -1.78. The van der Waals surface area contributed by atoms with Gasteiger partial charge in [-0.25, -0.2) is 0 Å². The number of halogens is 1. The molecule has 0 aliphatic carbocycles. The van der Waals surface area contributed by atoms with Gasteiger partial charge in [-0.3, -0.25) is 4.79 Å². The fourth-order valence-electron chi connectivity index (χ4n) is 2.11. The molecule has 1 amide bonds. The van der Waals surface area contributed by atoms with Gasteiger partial charge >= 0.3 is 0 Å². The van der Waals surface area contributed by atoms with E-state index in [1.807, 2.05) is 50.4 Å². The Labute approximate surface area is 129 Å². The van der Waals surface area contributed by atoms with E-state index in [1.54, 1.807) is 0 Å². The van der Waals surface area contributed by atoms with Gasteiger partial charge in [-0.15, -0.1) is 0 Å². The maximum atomic E-state index is 11.9. The number of aryl methyl sites for hydroxylation is 1. The van der Waals surface area contributed by atoms with E-state index < -0.39 is 0 Å². The Morgan fingerprint density at radius 2 is 2.05 bits per heavy atom. The van der Waals surface area contributed by atoms with Crippen molar-refractivity contribution in [3.63, 3.8) is 0 Å². The molecule has 2 aromatic rings. The molecule has 0 fully saturated rings. The molecule has 112 valence electrons. The molecule has 1 aromatic carbocycles. The highest BCUT2D eigenvalue weighted by Crippen LogP contribution is 2.14. The average Bonchev–Trinajstić information content (AvgIpc) is 2.83. The normalized spacial score (nSPS) is 12.1. The zero-order chi connectivity index (χ0) is 15.2. The molecule has 0 spiro atoms. The molecular formula is C16H20ClN2O2+. The van der Waals surface area contributed by atoms with Gasteiger partial charge < -0.3 is 14.6 Å². The Bertz CT molecular complexity index is 610. The first-order chi connectivity index (χ1) is 10.0. The maximum Gasteiger partial charge on any atom is 0.275 e. The summed E-state index contributed by atoms with van der Waals surface area (Å²) in [6, 6.07) is 11.4. The zero-order valence-electron chi connectivity index (χ0n) is 12.3. The lowest BCUT2D eigenvalue weighted by Gasteiger charge is -2.12. The summed E-state index contributed by atoms with van der Waals surface area (Å²) in [5.41, 5.74) is 0.923. The highest BCUT2D eigenvalue weighted by atomic mass is 35.5. The predicted octanol–water partition coefficient (Wildman–Crippen LogP) is 1.57. The van der Waals surface area contributed by atoms with Gasteiger partial charge in [-0.05, 0) is 30.7 Å². The summed E-state index contributed by atoms with van der Waals surface area (Å²) in [7, 11) is 1.97. The van der Waals surface area contributed by atoms with E-state index in [9.17, 15) is 4.79 Å². The molecule has 5 heteroatoms. The van der Waals surface area contributed by atoms with Crippen LogP contribution in [-0.2, 0) is 17.9 Å². The largest absolute Gasteiger partial charge is 0.460 e. The van der Waals surface area contributed by atoms with Crippen molar-refractivity contribution in [3.05, 3.63) is 58.5 Å². The monoisotopic (exact) mass is 307 g/mol. The molecule has 0 aliphatic rings. The third-order valence-electron chi connectivity index (χ3n) is 3.17. The fraction of sp³-hybridized carbons (Fsp3) is 0.312. The number of nitrogens with one attached hydrogen (secondary N) is 2. The van der Waals surface area contributed by atoms with Crippen molar-refractivity contribution in [2.75, 3.05) is 13.6 Å². The van der Waals surface area contributed by atoms with E-state index in [-0.39, 0.29) is 5.91 Å². The van der Waals surface area contributed by atoms with E-state index in [1.165, 1.54) is 0 Å². The quantitative estimate of drug-likeness (QED) is 0.851. The van der Waals surface area contributed by atoms with E-state index in [0.29, 0.717) is 24.7 Å². The summed E-state index contributed by atoms with van der Waals surface area (Å²) in [6.07, 6.45) is 0. The summed E-state index contributed by atoms with van der Waals surface area (Å²) >= 11 is 6.05. The average molecular weight is 308 g/mol. The third-order valence-corrected chi connectivity index (χ3v) is 3.54. The van der Waals surface area contributed by atoms with Gasteiger partial charge in [-0.2, -0.15) is 0 Å². The minimum absolute atomic E-state index is 0.00398. The van der Waals surface area contributed by atoms with Crippen LogP contribution >= 0.6 is 11.6 Å². The minimum Gasteiger partial charge on any atom is -0.460 e. The lowest BCUT2D eigenvalue weighted by atomic mass is 10.2. The molecule has 2 N–H and O–H groups in total. The van der Waals surface area contributed by atoms with Crippen molar-refractivity contribution in [3.8, 4) is 0 Å². The number of carbonyl (C=O) groups is 1. The molecule has 0 saturated carbocycles. The summed E-state index contributed by atoms with van der Waals surface area (Å²) in [4.78, 5) is 13.0. The lowest BCUT2D eigenvalue weighted by molar-refractivity contribution is -0.886. The topological polar surface area (TPSA) is 46.7 Å². The van der Waals surface area contributed by atoms with Crippen LogP contribution in [-0.4, -0.2) is 19.5 Å². The molecule has 0 bridgehead atoms. The standard InChI is InChI=1S/C16H19ClN2O2/c1-12-7-8-14(21-12)10-19(2)11-16(20)18-9-13-5-3-4-6-15(13)17/h3-8H,9-11H2,1-2H3,(H,18,20)/p+1. The number of rotatable bonds is 6. The van der Waals surface area contributed by atoms with Crippen LogP contribution in [0, 0.1) is 6.92 Å². The number of furan rings is 1.